The van der Waals surface area contributed by atoms with Crippen molar-refractivity contribution in [2.24, 2.45) is 0 Å². The van der Waals surface area contributed by atoms with Gasteiger partial charge >= 0.3 is 0 Å². The number of nitrogens with zero attached hydrogens (tertiary/aromatic N) is 1. The number of carbonyl (C=O) groups is 1. The molecule has 0 aliphatic rings. The quantitative estimate of drug-likeness (QED) is 0.572. The molecule has 1 amide bonds. The first-order valence-electron chi connectivity index (χ1n) is 8.75. The van der Waals surface area contributed by atoms with Crippen molar-refractivity contribution < 1.29 is 9.53 Å². The Morgan fingerprint density at radius 1 is 1.04 bits per heavy atom. The minimum atomic E-state index is -0.182. The molecule has 0 aliphatic heterocycles. The van der Waals surface area contributed by atoms with Crippen LogP contribution in [0.25, 0.3) is 0 Å². The Labute approximate surface area is 164 Å². The van der Waals surface area contributed by atoms with E-state index < -0.39 is 0 Å². The van der Waals surface area contributed by atoms with Crippen molar-refractivity contribution >= 4 is 23.2 Å². The summed E-state index contributed by atoms with van der Waals surface area (Å²) in [7, 11) is 0. The lowest BCUT2D eigenvalue weighted by Gasteiger charge is -2.11. The fraction of sp³-hybridized carbons (Fsp3) is 0.182. The predicted octanol–water partition coefficient (Wildman–Crippen LogP) is 6.21. The first-order valence-corrected chi connectivity index (χ1v) is 9.12. The second-order valence-corrected chi connectivity index (χ2v) is 7.00. The summed E-state index contributed by atoms with van der Waals surface area (Å²) in [6.07, 6.45) is 0. The maximum absolute atomic E-state index is 12.5. The van der Waals surface area contributed by atoms with E-state index in [-0.39, 0.29) is 5.91 Å². The van der Waals surface area contributed by atoms with Crippen LogP contribution in [0.4, 0.5) is 5.69 Å². The summed E-state index contributed by atoms with van der Waals surface area (Å²) in [6, 6.07) is 18.1. The van der Waals surface area contributed by atoms with Gasteiger partial charge in [-0.1, -0.05) is 31.5 Å². The number of anilines is 1. The maximum atomic E-state index is 12.5. The maximum Gasteiger partial charge on any atom is 0.257 e. The zero-order chi connectivity index (χ0) is 19.4. The molecule has 0 atom stereocenters. The van der Waals surface area contributed by atoms with Crippen LogP contribution >= 0.6 is 11.6 Å². The highest BCUT2D eigenvalue weighted by molar-refractivity contribution is 6.30. The molecule has 4 nitrogen and oxygen atoms in total. The third-order valence-corrected chi connectivity index (χ3v) is 4.32. The number of ether oxygens (including phenoxy) is 1. The van der Waals surface area contributed by atoms with Gasteiger partial charge in [0.15, 0.2) is 0 Å². The van der Waals surface area contributed by atoms with Crippen LogP contribution < -0.4 is 10.1 Å². The van der Waals surface area contributed by atoms with Gasteiger partial charge in [0, 0.05) is 16.4 Å². The van der Waals surface area contributed by atoms with Crippen LogP contribution in [0.2, 0.25) is 5.02 Å². The van der Waals surface area contributed by atoms with E-state index in [2.05, 4.69) is 24.1 Å². The molecule has 2 aromatic carbocycles. The number of benzene rings is 2. The van der Waals surface area contributed by atoms with E-state index in [0.29, 0.717) is 33.7 Å². The van der Waals surface area contributed by atoms with E-state index >= 15 is 0 Å². The number of rotatable bonds is 5. The highest BCUT2D eigenvalue weighted by Gasteiger charge is 2.12. The molecular formula is C22H21ClN2O2. The topological polar surface area (TPSA) is 51.2 Å². The molecule has 0 saturated carbocycles. The van der Waals surface area contributed by atoms with Gasteiger partial charge in [0.1, 0.15) is 11.5 Å². The number of nitrogens with one attached hydrogen (secondary N) is 1. The molecule has 0 fully saturated rings. The third kappa shape index (κ3) is 4.86. The molecule has 0 saturated heterocycles. The molecule has 1 N–H and O–H groups in total. The molecule has 3 aromatic rings. The van der Waals surface area contributed by atoms with E-state index in [1.54, 1.807) is 36.4 Å². The van der Waals surface area contributed by atoms with Crippen molar-refractivity contribution in [1.29, 1.82) is 0 Å². The summed E-state index contributed by atoms with van der Waals surface area (Å²) < 4.78 is 5.75. The SMILES string of the molecule is Cc1nc(C(C)C)ccc1C(=O)Nc1ccc(Oc2cccc(Cl)c2)cc1. The molecule has 0 unspecified atom stereocenters. The van der Waals surface area contributed by atoms with Crippen LogP contribution in [0.3, 0.4) is 0 Å². The van der Waals surface area contributed by atoms with Gasteiger partial charge in [0.2, 0.25) is 0 Å². The highest BCUT2D eigenvalue weighted by atomic mass is 35.5. The molecule has 1 aromatic heterocycles. The summed E-state index contributed by atoms with van der Waals surface area (Å²) in [5.74, 6) is 1.47. The van der Waals surface area contributed by atoms with Gasteiger partial charge < -0.3 is 10.1 Å². The van der Waals surface area contributed by atoms with Crippen molar-refractivity contribution in [2.45, 2.75) is 26.7 Å². The lowest BCUT2D eigenvalue weighted by molar-refractivity contribution is 0.102. The van der Waals surface area contributed by atoms with Gasteiger partial charge in [-0.3, -0.25) is 9.78 Å². The van der Waals surface area contributed by atoms with Gasteiger partial charge in [-0.2, -0.15) is 0 Å². The second-order valence-electron chi connectivity index (χ2n) is 6.56. The van der Waals surface area contributed by atoms with E-state index in [4.69, 9.17) is 16.3 Å². The molecular weight excluding hydrogens is 360 g/mol. The smallest absolute Gasteiger partial charge is 0.257 e. The first kappa shape index (κ1) is 18.9. The Morgan fingerprint density at radius 2 is 1.78 bits per heavy atom. The Hall–Kier alpha value is -2.85. The minimum Gasteiger partial charge on any atom is -0.457 e. The van der Waals surface area contributed by atoms with Crippen molar-refractivity contribution in [3.63, 3.8) is 0 Å². The van der Waals surface area contributed by atoms with Crippen molar-refractivity contribution in [3.8, 4) is 11.5 Å². The number of hydrogen-bond donors (Lipinski definition) is 1. The Balaban J connectivity index is 1.68. The largest absolute Gasteiger partial charge is 0.457 e. The fourth-order valence-electron chi connectivity index (χ4n) is 2.61. The van der Waals surface area contributed by atoms with Crippen LogP contribution in [-0.4, -0.2) is 10.9 Å². The van der Waals surface area contributed by atoms with Crippen LogP contribution in [0.5, 0.6) is 11.5 Å². The van der Waals surface area contributed by atoms with Gasteiger partial charge in [0.25, 0.3) is 5.91 Å². The number of hydrogen-bond acceptors (Lipinski definition) is 3. The van der Waals surface area contributed by atoms with Gasteiger partial charge in [-0.15, -0.1) is 0 Å². The lowest BCUT2D eigenvalue weighted by Crippen LogP contribution is -2.14. The van der Waals surface area contributed by atoms with Crippen LogP contribution in [0.15, 0.2) is 60.7 Å². The van der Waals surface area contributed by atoms with Crippen LogP contribution in [-0.2, 0) is 0 Å². The van der Waals surface area contributed by atoms with E-state index in [1.165, 1.54) is 0 Å². The minimum absolute atomic E-state index is 0.182. The van der Waals surface area contributed by atoms with Crippen LogP contribution in [0, 0.1) is 6.92 Å². The third-order valence-electron chi connectivity index (χ3n) is 4.09. The average Bonchev–Trinajstić information content (AvgIpc) is 2.63. The van der Waals surface area contributed by atoms with Crippen molar-refractivity contribution in [3.05, 3.63) is 82.6 Å². The van der Waals surface area contributed by atoms with E-state index in [9.17, 15) is 4.79 Å². The fourth-order valence-corrected chi connectivity index (χ4v) is 2.79. The number of pyridine rings is 1. The zero-order valence-electron chi connectivity index (χ0n) is 15.5. The monoisotopic (exact) mass is 380 g/mol. The standard InChI is InChI=1S/C22H21ClN2O2/c1-14(2)21-12-11-20(15(3)24-21)22(26)25-17-7-9-18(10-8-17)27-19-6-4-5-16(23)13-19/h4-14H,1-3H3,(H,25,26). The number of halogens is 1. The van der Waals surface area contributed by atoms with Crippen molar-refractivity contribution in [2.75, 3.05) is 5.32 Å². The number of aryl methyl sites for hydroxylation is 1. The highest BCUT2D eigenvalue weighted by Crippen LogP contribution is 2.25. The van der Waals surface area contributed by atoms with Crippen molar-refractivity contribution in [1.82, 2.24) is 4.98 Å². The number of carbonyl (C=O) groups excluding carboxylic acids is 1. The van der Waals surface area contributed by atoms with E-state index in [1.807, 2.05) is 31.2 Å². The normalized spacial score (nSPS) is 10.7. The first-order chi connectivity index (χ1) is 12.9. The van der Waals surface area contributed by atoms with E-state index in [0.717, 1.165) is 11.4 Å². The average molecular weight is 381 g/mol. The number of amides is 1. The second kappa shape index (κ2) is 8.23. The summed E-state index contributed by atoms with van der Waals surface area (Å²) in [5, 5.41) is 3.51. The molecule has 0 bridgehead atoms. The molecule has 5 heteroatoms. The molecule has 1 heterocycles. The van der Waals surface area contributed by atoms with Gasteiger partial charge in [-0.05, 0) is 67.4 Å². The predicted molar refractivity (Wildman–Crippen MR) is 109 cm³/mol. The molecule has 27 heavy (non-hydrogen) atoms. The molecule has 0 aliphatic carbocycles. The summed E-state index contributed by atoms with van der Waals surface area (Å²) in [6.45, 7) is 6.01. The number of aromatic nitrogens is 1. The Kier molecular flexibility index (Phi) is 5.77. The summed E-state index contributed by atoms with van der Waals surface area (Å²) in [4.78, 5) is 17.0. The Bertz CT molecular complexity index is 953. The van der Waals surface area contributed by atoms with Crippen LogP contribution in [0.1, 0.15) is 41.5 Å². The van der Waals surface area contributed by atoms with Gasteiger partial charge in [-0.25, -0.2) is 0 Å². The summed E-state index contributed by atoms with van der Waals surface area (Å²) in [5.41, 5.74) is 2.95. The zero-order valence-corrected chi connectivity index (χ0v) is 16.2. The molecule has 3 rings (SSSR count). The molecule has 0 radical (unpaired) electrons. The van der Waals surface area contributed by atoms with Gasteiger partial charge in [0.05, 0.1) is 11.3 Å². The molecule has 0 spiro atoms. The Morgan fingerprint density at radius 3 is 2.41 bits per heavy atom. The summed E-state index contributed by atoms with van der Waals surface area (Å²) >= 11 is 5.96. The molecule has 138 valence electrons. The lowest BCUT2D eigenvalue weighted by atomic mass is 10.1.